The Hall–Kier alpha value is -1.92. The predicted molar refractivity (Wildman–Crippen MR) is 74.3 cm³/mol. The molecule has 2 amide bonds. The van der Waals surface area contributed by atoms with Crippen molar-refractivity contribution in [3.05, 3.63) is 24.3 Å². The monoisotopic (exact) mass is 304 g/mol. The first kappa shape index (κ1) is 17.1. The van der Waals surface area contributed by atoms with Crippen LogP contribution < -0.4 is 10.1 Å². The van der Waals surface area contributed by atoms with E-state index >= 15 is 0 Å². The van der Waals surface area contributed by atoms with E-state index in [2.05, 4.69) is 17.0 Å². The number of hydrogen-bond acceptors (Lipinski definition) is 2. The van der Waals surface area contributed by atoms with Gasteiger partial charge in [0.25, 0.3) is 0 Å². The third kappa shape index (κ3) is 6.87. The molecule has 0 aliphatic carbocycles. The van der Waals surface area contributed by atoms with Crippen molar-refractivity contribution in [2.45, 2.75) is 32.5 Å². The smallest absolute Gasteiger partial charge is 0.406 e. The highest BCUT2D eigenvalue weighted by Gasteiger charge is 2.30. The van der Waals surface area contributed by atoms with E-state index in [4.69, 9.17) is 0 Å². The van der Waals surface area contributed by atoms with Crippen LogP contribution in [0.3, 0.4) is 0 Å². The molecule has 0 radical (unpaired) electrons. The number of nitrogens with one attached hydrogen (secondary N) is 1. The third-order valence-corrected chi connectivity index (χ3v) is 2.78. The van der Waals surface area contributed by atoms with E-state index in [-0.39, 0.29) is 11.8 Å². The Morgan fingerprint density at radius 1 is 1.24 bits per heavy atom. The van der Waals surface area contributed by atoms with E-state index in [1.807, 2.05) is 0 Å². The lowest BCUT2D eigenvalue weighted by Gasteiger charge is -2.18. The van der Waals surface area contributed by atoms with Gasteiger partial charge >= 0.3 is 12.4 Å². The molecule has 0 saturated heterocycles. The summed E-state index contributed by atoms with van der Waals surface area (Å²) in [5, 5.41) is 2.61. The van der Waals surface area contributed by atoms with Crippen molar-refractivity contribution in [3.63, 3.8) is 0 Å². The van der Waals surface area contributed by atoms with Crippen molar-refractivity contribution in [2.24, 2.45) is 0 Å². The van der Waals surface area contributed by atoms with Gasteiger partial charge in [-0.15, -0.1) is 13.2 Å². The van der Waals surface area contributed by atoms with Crippen LogP contribution >= 0.6 is 0 Å². The van der Waals surface area contributed by atoms with Crippen LogP contribution in [0.1, 0.15) is 26.2 Å². The first-order chi connectivity index (χ1) is 9.81. The van der Waals surface area contributed by atoms with Crippen LogP contribution in [0.15, 0.2) is 24.3 Å². The van der Waals surface area contributed by atoms with Crippen LogP contribution in [-0.4, -0.2) is 30.9 Å². The molecule has 21 heavy (non-hydrogen) atoms. The number of unbranched alkanes of at least 4 members (excludes halogenated alkanes) is 2. The van der Waals surface area contributed by atoms with Gasteiger partial charge in [0.1, 0.15) is 5.75 Å². The Morgan fingerprint density at radius 2 is 1.86 bits per heavy atom. The summed E-state index contributed by atoms with van der Waals surface area (Å²) in [6.07, 6.45) is -1.69. The van der Waals surface area contributed by atoms with E-state index in [0.29, 0.717) is 12.2 Å². The zero-order valence-corrected chi connectivity index (χ0v) is 12.0. The molecule has 0 bridgehead atoms. The number of nitrogens with zero attached hydrogens (tertiary/aromatic N) is 1. The molecule has 7 heteroatoms. The molecular weight excluding hydrogens is 285 g/mol. The number of alkyl halides is 3. The highest BCUT2D eigenvalue weighted by molar-refractivity contribution is 5.89. The van der Waals surface area contributed by atoms with Gasteiger partial charge in [-0.05, 0) is 30.7 Å². The standard InChI is InChI=1S/C14H19F3N2O2/c1-3-4-5-10-19(2)13(20)18-11-6-8-12(9-7-11)21-14(15,16)17/h6-9H,3-5,10H2,1-2H3,(H,18,20). The summed E-state index contributed by atoms with van der Waals surface area (Å²) in [5.41, 5.74) is 0.414. The van der Waals surface area contributed by atoms with Gasteiger partial charge in [-0.2, -0.15) is 0 Å². The summed E-state index contributed by atoms with van der Waals surface area (Å²) in [7, 11) is 1.67. The SMILES string of the molecule is CCCCCN(C)C(=O)Nc1ccc(OC(F)(F)F)cc1. The molecule has 0 spiro atoms. The Morgan fingerprint density at radius 3 is 2.38 bits per heavy atom. The van der Waals surface area contributed by atoms with Gasteiger partial charge in [-0.25, -0.2) is 4.79 Å². The minimum Gasteiger partial charge on any atom is -0.406 e. The maximum absolute atomic E-state index is 12.0. The van der Waals surface area contributed by atoms with Crippen molar-refractivity contribution >= 4 is 11.7 Å². The Bertz CT molecular complexity index is 447. The molecule has 0 aliphatic rings. The normalized spacial score (nSPS) is 11.1. The van der Waals surface area contributed by atoms with E-state index in [9.17, 15) is 18.0 Å². The van der Waals surface area contributed by atoms with Gasteiger partial charge in [0.05, 0.1) is 0 Å². The molecule has 0 fully saturated rings. The number of anilines is 1. The summed E-state index contributed by atoms with van der Waals surface area (Å²) in [6, 6.07) is 4.73. The second-order valence-corrected chi connectivity index (χ2v) is 4.63. The van der Waals surface area contributed by atoms with Crippen LogP contribution in [0.5, 0.6) is 5.75 Å². The van der Waals surface area contributed by atoms with Crippen molar-refractivity contribution < 1.29 is 22.7 Å². The van der Waals surface area contributed by atoms with Gasteiger partial charge in [-0.3, -0.25) is 0 Å². The summed E-state index contributed by atoms with van der Waals surface area (Å²) >= 11 is 0. The summed E-state index contributed by atoms with van der Waals surface area (Å²) in [6.45, 7) is 2.71. The summed E-state index contributed by atoms with van der Waals surface area (Å²) in [5.74, 6) is -0.322. The fraction of sp³-hybridized carbons (Fsp3) is 0.500. The molecule has 118 valence electrons. The van der Waals surface area contributed by atoms with Crippen molar-refractivity contribution in [3.8, 4) is 5.75 Å². The maximum atomic E-state index is 12.0. The van der Waals surface area contributed by atoms with E-state index < -0.39 is 6.36 Å². The second kappa shape index (κ2) is 7.75. The van der Waals surface area contributed by atoms with Crippen LogP contribution in [0, 0.1) is 0 Å². The number of carbonyl (C=O) groups is 1. The highest BCUT2D eigenvalue weighted by Crippen LogP contribution is 2.23. The van der Waals surface area contributed by atoms with Gasteiger partial charge in [0.15, 0.2) is 0 Å². The molecule has 1 rings (SSSR count). The zero-order chi connectivity index (χ0) is 15.9. The zero-order valence-electron chi connectivity index (χ0n) is 12.0. The molecular formula is C14H19F3N2O2. The van der Waals surface area contributed by atoms with Crippen LogP contribution in [-0.2, 0) is 0 Å². The summed E-state index contributed by atoms with van der Waals surface area (Å²) < 4.78 is 39.8. The number of rotatable bonds is 6. The second-order valence-electron chi connectivity index (χ2n) is 4.63. The number of urea groups is 1. The first-order valence-electron chi connectivity index (χ1n) is 6.69. The topological polar surface area (TPSA) is 41.6 Å². The maximum Gasteiger partial charge on any atom is 0.573 e. The lowest BCUT2D eigenvalue weighted by atomic mass is 10.2. The molecule has 0 aromatic heterocycles. The largest absolute Gasteiger partial charge is 0.573 e. The van der Waals surface area contributed by atoms with Crippen molar-refractivity contribution in [2.75, 3.05) is 18.9 Å². The van der Waals surface area contributed by atoms with Crippen molar-refractivity contribution in [1.29, 1.82) is 0 Å². The van der Waals surface area contributed by atoms with Gasteiger partial charge < -0.3 is 15.0 Å². The molecule has 1 N–H and O–H groups in total. The summed E-state index contributed by atoms with van der Waals surface area (Å²) in [4.78, 5) is 13.4. The van der Waals surface area contributed by atoms with Crippen LogP contribution in [0.25, 0.3) is 0 Å². The minimum absolute atomic E-state index is 0.296. The van der Waals surface area contributed by atoms with Crippen LogP contribution in [0.2, 0.25) is 0 Å². The molecule has 1 aromatic carbocycles. The fourth-order valence-electron chi connectivity index (χ4n) is 1.66. The highest BCUT2D eigenvalue weighted by atomic mass is 19.4. The van der Waals surface area contributed by atoms with E-state index in [1.54, 1.807) is 7.05 Å². The fourth-order valence-corrected chi connectivity index (χ4v) is 1.66. The Labute approximate surface area is 121 Å². The number of hydrogen-bond donors (Lipinski definition) is 1. The van der Waals surface area contributed by atoms with Gasteiger partial charge in [-0.1, -0.05) is 19.8 Å². The number of carbonyl (C=O) groups excluding carboxylic acids is 1. The first-order valence-corrected chi connectivity index (χ1v) is 6.69. The molecule has 0 aliphatic heterocycles. The number of benzene rings is 1. The molecule has 0 saturated carbocycles. The van der Waals surface area contributed by atoms with E-state index in [0.717, 1.165) is 31.4 Å². The number of halogens is 3. The molecule has 0 atom stereocenters. The van der Waals surface area contributed by atoms with Crippen LogP contribution in [0.4, 0.5) is 23.7 Å². The average Bonchev–Trinajstić information content (AvgIpc) is 2.39. The van der Waals surface area contributed by atoms with Gasteiger partial charge in [0, 0.05) is 19.3 Å². The molecule has 0 unspecified atom stereocenters. The minimum atomic E-state index is -4.72. The Kier molecular flexibility index (Phi) is 6.33. The predicted octanol–water partition coefficient (Wildman–Crippen LogP) is 4.24. The number of amides is 2. The lowest BCUT2D eigenvalue weighted by molar-refractivity contribution is -0.274. The third-order valence-electron chi connectivity index (χ3n) is 2.78. The molecule has 0 heterocycles. The Balaban J connectivity index is 2.49. The van der Waals surface area contributed by atoms with E-state index in [1.165, 1.54) is 17.0 Å². The number of ether oxygens (including phenoxy) is 1. The average molecular weight is 304 g/mol. The molecule has 1 aromatic rings. The molecule has 4 nitrogen and oxygen atoms in total. The van der Waals surface area contributed by atoms with Gasteiger partial charge in [0.2, 0.25) is 0 Å². The quantitative estimate of drug-likeness (QED) is 0.799. The lowest BCUT2D eigenvalue weighted by Crippen LogP contribution is -2.32. The van der Waals surface area contributed by atoms with Crippen molar-refractivity contribution in [1.82, 2.24) is 4.90 Å².